The lowest BCUT2D eigenvalue weighted by Crippen LogP contribution is -2.31. The van der Waals surface area contributed by atoms with Gasteiger partial charge in [0.15, 0.2) is 0 Å². The molecule has 0 atom stereocenters. The van der Waals surface area contributed by atoms with E-state index in [1.54, 1.807) is 30.6 Å². The van der Waals surface area contributed by atoms with E-state index in [4.69, 9.17) is 5.26 Å². The molecule has 0 aliphatic carbocycles. The number of hydrogen-bond acceptors (Lipinski definition) is 4. The maximum atomic E-state index is 13.1. The molecule has 8 heteroatoms. The molecule has 0 saturated heterocycles. The molecule has 0 fully saturated rings. The van der Waals surface area contributed by atoms with E-state index < -0.39 is 0 Å². The van der Waals surface area contributed by atoms with Crippen molar-refractivity contribution in [3.05, 3.63) is 72.2 Å². The SMILES string of the molecule is N#CCN(Cc1ccc(F)cc1)C(=O)c1cc(-c2ncnc3[nH]ccc23)c[nH]1.[HH].[HH]. The Hall–Kier alpha value is -3.99. The number of nitrogens with one attached hydrogen (secondary N) is 2. The fourth-order valence-corrected chi connectivity index (χ4v) is 3.02. The Morgan fingerprint density at radius 3 is 2.82 bits per heavy atom. The van der Waals surface area contributed by atoms with Crippen molar-refractivity contribution in [3.63, 3.8) is 0 Å². The average molecular weight is 378 g/mol. The Labute approximate surface area is 162 Å². The molecule has 0 radical (unpaired) electrons. The van der Waals surface area contributed by atoms with Gasteiger partial charge in [-0.15, -0.1) is 0 Å². The summed E-state index contributed by atoms with van der Waals surface area (Å²) in [6.45, 7) is 0.122. The maximum Gasteiger partial charge on any atom is 0.271 e. The summed E-state index contributed by atoms with van der Waals surface area (Å²) in [6.07, 6.45) is 4.93. The van der Waals surface area contributed by atoms with Gasteiger partial charge in [-0.1, -0.05) is 12.1 Å². The molecule has 2 N–H and O–H groups in total. The van der Waals surface area contributed by atoms with Crippen LogP contribution in [0.2, 0.25) is 0 Å². The van der Waals surface area contributed by atoms with Gasteiger partial charge in [-0.3, -0.25) is 4.79 Å². The van der Waals surface area contributed by atoms with Crippen LogP contribution in [0.5, 0.6) is 0 Å². The second kappa shape index (κ2) is 7.32. The van der Waals surface area contributed by atoms with Crippen molar-refractivity contribution in [1.82, 2.24) is 24.8 Å². The van der Waals surface area contributed by atoms with Crippen LogP contribution in [-0.4, -0.2) is 37.3 Å². The first-order valence-corrected chi connectivity index (χ1v) is 8.53. The standard InChI is InChI=1S/C20H15FN6O.2H2/c21-15-3-1-13(2-4-15)11-27(8-6-22)20(28)17-9-14(10-24-17)18-16-5-7-23-19(16)26-12-25-18;;/h1-5,7,9-10,12,24H,8,11H2,(H,23,25,26);2*1H. The van der Waals surface area contributed by atoms with Crippen molar-refractivity contribution in [2.24, 2.45) is 0 Å². The van der Waals surface area contributed by atoms with Crippen LogP contribution in [0, 0.1) is 17.1 Å². The summed E-state index contributed by atoms with van der Waals surface area (Å²) in [5, 5.41) is 9.95. The molecule has 142 valence electrons. The van der Waals surface area contributed by atoms with Gasteiger partial charge in [0.2, 0.25) is 0 Å². The highest BCUT2D eigenvalue weighted by atomic mass is 19.1. The molecule has 3 heterocycles. The summed E-state index contributed by atoms with van der Waals surface area (Å²) >= 11 is 0. The minimum absolute atomic E-state index is 0. The second-order valence-electron chi connectivity index (χ2n) is 6.21. The van der Waals surface area contributed by atoms with E-state index in [0.717, 1.165) is 16.5 Å². The zero-order valence-corrected chi connectivity index (χ0v) is 14.7. The molecule has 1 amide bonds. The Balaban J connectivity index is 0.00000160. The Kier molecular flexibility index (Phi) is 4.56. The van der Waals surface area contributed by atoms with Gasteiger partial charge in [-0.2, -0.15) is 5.26 Å². The molecular weight excluding hydrogens is 359 g/mol. The number of halogens is 1. The Morgan fingerprint density at radius 1 is 1.21 bits per heavy atom. The number of fused-ring (bicyclic) bond motifs is 1. The lowest BCUT2D eigenvalue weighted by atomic mass is 10.1. The van der Waals surface area contributed by atoms with Crippen LogP contribution in [0.1, 0.15) is 18.9 Å². The number of hydrogen-bond donors (Lipinski definition) is 2. The number of nitrogens with zero attached hydrogens (tertiary/aromatic N) is 4. The van der Waals surface area contributed by atoms with E-state index in [0.29, 0.717) is 17.0 Å². The molecule has 0 aliphatic heterocycles. The fraction of sp³-hybridized carbons (Fsp3) is 0.100. The van der Waals surface area contributed by atoms with Crippen LogP contribution in [0.3, 0.4) is 0 Å². The molecule has 4 rings (SSSR count). The number of aromatic amines is 2. The first-order chi connectivity index (χ1) is 13.7. The van der Waals surface area contributed by atoms with Crippen molar-refractivity contribution >= 4 is 16.9 Å². The molecule has 4 aromatic rings. The van der Waals surface area contributed by atoms with Crippen LogP contribution in [0.15, 0.2) is 55.1 Å². The van der Waals surface area contributed by atoms with Gasteiger partial charge in [-0.05, 0) is 29.8 Å². The van der Waals surface area contributed by atoms with E-state index in [1.165, 1.54) is 23.4 Å². The summed E-state index contributed by atoms with van der Waals surface area (Å²) < 4.78 is 13.1. The topological polar surface area (TPSA) is 101 Å². The number of rotatable bonds is 5. The molecule has 28 heavy (non-hydrogen) atoms. The van der Waals surface area contributed by atoms with Crippen LogP contribution < -0.4 is 0 Å². The van der Waals surface area contributed by atoms with E-state index in [9.17, 15) is 9.18 Å². The number of carbonyl (C=O) groups is 1. The Morgan fingerprint density at radius 2 is 2.04 bits per heavy atom. The van der Waals surface area contributed by atoms with Gasteiger partial charge >= 0.3 is 0 Å². The zero-order valence-electron chi connectivity index (χ0n) is 14.7. The summed E-state index contributed by atoms with van der Waals surface area (Å²) in [5.74, 6) is -0.673. The molecule has 7 nitrogen and oxygen atoms in total. The molecule has 1 aromatic carbocycles. The molecule has 0 aliphatic rings. The summed E-state index contributed by atoms with van der Waals surface area (Å²) in [4.78, 5) is 28.8. The lowest BCUT2D eigenvalue weighted by molar-refractivity contribution is 0.0760. The van der Waals surface area contributed by atoms with Crippen LogP contribution in [0.4, 0.5) is 4.39 Å². The minimum Gasteiger partial charge on any atom is -0.357 e. The predicted octanol–water partition coefficient (Wildman–Crippen LogP) is 3.75. The van der Waals surface area contributed by atoms with Gasteiger partial charge in [0, 0.05) is 32.7 Å². The van der Waals surface area contributed by atoms with E-state index in [1.807, 2.05) is 12.1 Å². The van der Waals surface area contributed by atoms with Crippen molar-refractivity contribution in [2.45, 2.75) is 6.54 Å². The van der Waals surface area contributed by atoms with Crippen LogP contribution >= 0.6 is 0 Å². The number of nitriles is 1. The smallest absolute Gasteiger partial charge is 0.271 e. The Bertz CT molecular complexity index is 1180. The molecule has 0 bridgehead atoms. The summed E-state index contributed by atoms with van der Waals surface area (Å²) in [6, 6.07) is 11.4. The van der Waals surface area contributed by atoms with Gasteiger partial charge in [0.25, 0.3) is 5.91 Å². The number of aromatic nitrogens is 4. The first kappa shape index (κ1) is 17.4. The highest BCUT2D eigenvalue weighted by Gasteiger charge is 2.19. The third-order valence-electron chi connectivity index (χ3n) is 4.38. The highest BCUT2D eigenvalue weighted by Crippen LogP contribution is 2.25. The van der Waals surface area contributed by atoms with Gasteiger partial charge < -0.3 is 14.9 Å². The lowest BCUT2D eigenvalue weighted by Gasteiger charge is -2.19. The molecule has 0 saturated carbocycles. The van der Waals surface area contributed by atoms with Crippen molar-refractivity contribution in [1.29, 1.82) is 5.26 Å². The van der Waals surface area contributed by atoms with E-state index in [2.05, 4.69) is 19.9 Å². The second-order valence-corrected chi connectivity index (χ2v) is 6.21. The third kappa shape index (κ3) is 3.33. The average Bonchev–Trinajstić information content (AvgIpc) is 3.38. The van der Waals surface area contributed by atoms with E-state index in [-0.39, 0.29) is 27.7 Å². The fourth-order valence-electron chi connectivity index (χ4n) is 3.02. The van der Waals surface area contributed by atoms with Crippen molar-refractivity contribution in [2.75, 3.05) is 6.54 Å². The largest absolute Gasteiger partial charge is 0.357 e. The van der Waals surface area contributed by atoms with Crippen LogP contribution in [-0.2, 0) is 6.54 Å². The number of H-pyrrole nitrogens is 2. The molecule has 0 spiro atoms. The molecular formula is C20H19FN6O. The molecule has 0 unspecified atom stereocenters. The number of amides is 1. The van der Waals surface area contributed by atoms with E-state index >= 15 is 0 Å². The van der Waals surface area contributed by atoms with Gasteiger partial charge in [-0.25, -0.2) is 14.4 Å². The normalized spacial score (nSPS) is 10.7. The summed E-state index contributed by atoms with van der Waals surface area (Å²) in [5.41, 5.74) is 3.23. The predicted molar refractivity (Wildman–Crippen MR) is 105 cm³/mol. The first-order valence-electron chi connectivity index (χ1n) is 8.53. The third-order valence-corrected chi connectivity index (χ3v) is 4.38. The van der Waals surface area contributed by atoms with Crippen molar-refractivity contribution < 1.29 is 12.0 Å². The van der Waals surface area contributed by atoms with Gasteiger partial charge in [0.05, 0.1) is 11.8 Å². The number of benzene rings is 1. The summed E-state index contributed by atoms with van der Waals surface area (Å²) in [7, 11) is 0. The maximum absolute atomic E-state index is 13.1. The minimum atomic E-state index is -0.350. The highest BCUT2D eigenvalue weighted by molar-refractivity contribution is 5.96. The number of carbonyl (C=O) groups excluding carboxylic acids is 1. The quantitative estimate of drug-likeness (QED) is 0.516. The molecule has 3 aromatic heterocycles. The van der Waals surface area contributed by atoms with Crippen molar-refractivity contribution in [3.8, 4) is 17.3 Å². The zero-order chi connectivity index (χ0) is 19.5. The van der Waals surface area contributed by atoms with Gasteiger partial charge in [0.1, 0.15) is 30.0 Å². The van der Waals surface area contributed by atoms with Crippen LogP contribution in [0.25, 0.3) is 22.3 Å². The monoisotopic (exact) mass is 378 g/mol.